The van der Waals surface area contributed by atoms with E-state index in [1.165, 1.54) is 0 Å². The number of nitrogens with one attached hydrogen (secondary N) is 1. The number of anilines is 2. The predicted octanol–water partition coefficient (Wildman–Crippen LogP) is 4.98. The highest BCUT2D eigenvalue weighted by atomic mass is 35.5. The summed E-state index contributed by atoms with van der Waals surface area (Å²) < 4.78 is 11.2. The number of hydrogen-bond acceptors (Lipinski definition) is 5. The van der Waals surface area contributed by atoms with Crippen LogP contribution in [0.3, 0.4) is 0 Å². The summed E-state index contributed by atoms with van der Waals surface area (Å²) in [6.45, 7) is 5.28. The molecule has 0 amide bonds. The van der Waals surface area contributed by atoms with Gasteiger partial charge in [0.1, 0.15) is 5.15 Å². The molecule has 2 aromatic heterocycles. The molecule has 0 atom stereocenters. The number of aromatic nitrogens is 2. The van der Waals surface area contributed by atoms with Crippen LogP contribution in [0.15, 0.2) is 47.1 Å². The lowest BCUT2D eigenvalue weighted by molar-refractivity contribution is 0.134. The van der Waals surface area contributed by atoms with Gasteiger partial charge < -0.3 is 14.5 Å². The first kappa shape index (κ1) is 16.5. The molecule has 2 heterocycles. The van der Waals surface area contributed by atoms with Gasteiger partial charge in [-0.2, -0.15) is 0 Å². The zero-order valence-corrected chi connectivity index (χ0v) is 14.3. The minimum absolute atomic E-state index is 0.415. The minimum Gasteiger partial charge on any atom is -0.423 e. The van der Waals surface area contributed by atoms with Gasteiger partial charge in [0.25, 0.3) is 6.01 Å². The summed E-state index contributed by atoms with van der Waals surface area (Å²) in [5.74, 6) is 0.630. The van der Waals surface area contributed by atoms with E-state index in [1.54, 1.807) is 18.5 Å². The maximum absolute atomic E-state index is 5.91. The molecule has 0 saturated carbocycles. The van der Waals surface area contributed by atoms with Gasteiger partial charge in [-0.1, -0.05) is 23.7 Å². The Morgan fingerprint density at radius 1 is 1.21 bits per heavy atom. The third kappa shape index (κ3) is 3.93. The first-order valence-corrected chi connectivity index (χ1v) is 8.05. The molecule has 124 valence electrons. The second kappa shape index (κ2) is 7.47. The van der Waals surface area contributed by atoms with Crippen molar-refractivity contribution in [2.75, 3.05) is 11.9 Å². The van der Waals surface area contributed by atoms with Crippen molar-refractivity contribution in [1.29, 1.82) is 0 Å². The van der Waals surface area contributed by atoms with E-state index in [2.05, 4.69) is 21.4 Å². The average molecular weight is 344 g/mol. The summed E-state index contributed by atoms with van der Waals surface area (Å²) in [6.07, 6.45) is 3.29. The molecule has 3 rings (SSSR count). The van der Waals surface area contributed by atoms with Crippen molar-refractivity contribution in [3.05, 3.63) is 59.0 Å². The molecule has 24 heavy (non-hydrogen) atoms. The Labute approximate surface area is 145 Å². The first-order chi connectivity index (χ1) is 11.7. The number of ether oxygens (including phenoxy) is 1. The molecule has 1 aromatic carbocycles. The fraction of sp³-hybridized carbons (Fsp3) is 0.222. The van der Waals surface area contributed by atoms with Crippen molar-refractivity contribution in [1.82, 2.24) is 9.97 Å². The Hall–Kier alpha value is -2.37. The molecule has 0 fully saturated rings. The molecule has 1 N–H and O–H groups in total. The summed E-state index contributed by atoms with van der Waals surface area (Å²) in [7, 11) is 0. The molecule has 0 aliphatic rings. The zero-order chi connectivity index (χ0) is 16.9. The molecule has 0 unspecified atom stereocenters. The maximum Gasteiger partial charge on any atom is 0.299 e. The fourth-order valence-electron chi connectivity index (χ4n) is 2.25. The highest BCUT2D eigenvalue weighted by Gasteiger charge is 2.09. The molecule has 0 bridgehead atoms. The van der Waals surface area contributed by atoms with Crippen LogP contribution in [0.1, 0.15) is 18.1 Å². The number of hydrogen-bond donors (Lipinski definition) is 1. The van der Waals surface area contributed by atoms with Gasteiger partial charge in [0, 0.05) is 24.1 Å². The number of pyridine rings is 1. The lowest BCUT2D eigenvalue weighted by atomic mass is 10.1. The molecule has 0 saturated heterocycles. The number of oxazole rings is 1. The van der Waals surface area contributed by atoms with E-state index in [4.69, 9.17) is 20.8 Å². The van der Waals surface area contributed by atoms with Gasteiger partial charge in [-0.15, -0.1) is 0 Å². The molecular weight excluding hydrogens is 326 g/mol. The number of nitrogens with zero attached hydrogens (tertiary/aromatic N) is 2. The highest BCUT2D eigenvalue weighted by molar-refractivity contribution is 6.29. The van der Waals surface area contributed by atoms with Crippen molar-refractivity contribution in [3.8, 4) is 11.3 Å². The predicted molar refractivity (Wildman–Crippen MR) is 94.5 cm³/mol. The Bertz CT molecular complexity index is 833. The third-order valence-corrected chi connectivity index (χ3v) is 3.74. The molecule has 0 radical (unpaired) electrons. The van der Waals surface area contributed by atoms with Crippen molar-refractivity contribution in [2.24, 2.45) is 0 Å². The number of aryl methyl sites for hydroxylation is 1. The monoisotopic (exact) mass is 343 g/mol. The molecule has 0 spiro atoms. The summed E-state index contributed by atoms with van der Waals surface area (Å²) in [6, 6.07) is 10.1. The van der Waals surface area contributed by atoms with Crippen LogP contribution in [0.4, 0.5) is 11.7 Å². The SMILES string of the molecule is CCOCc1ccc(C)c(Nc2ncc(-c3ccnc(Cl)c3)o2)c1. The van der Waals surface area contributed by atoms with Crippen molar-refractivity contribution < 1.29 is 9.15 Å². The van der Waals surface area contributed by atoms with Gasteiger partial charge in [-0.25, -0.2) is 9.97 Å². The van der Waals surface area contributed by atoms with E-state index in [1.807, 2.05) is 32.0 Å². The Morgan fingerprint density at radius 3 is 2.88 bits per heavy atom. The van der Waals surface area contributed by atoms with Crippen molar-refractivity contribution in [3.63, 3.8) is 0 Å². The van der Waals surface area contributed by atoms with Gasteiger partial charge in [0.2, 0.25) is 0 Å². The summed E-state index contributed by atoms with van der Waals surface area (Å²) in [4.78, 5) is 8.24. The third-order valence-electron chi connectivity index (χ3n) is 3.53. The summed E-state index contributed by atoms with van der Waals surface area (Å²) >= 11 is 5.91. The number of rotatable bonds is 6. The summed E-state index contributed by atoms with van der Waals surface area (Å²) in [5.41, 5.74) is 3.96. The van der Waals surface area contributed by atoms with E-state index in [0.29, 0.717) is 30.1 Å². The van der Waals surface area contributed by atoms with E-state index in [0.717, 1.165) is 22.4 Å². The van der Waals surface area contributed by atoms with Gasteiger partial charge >= 0.3 is 0 Å². The molecule has 3 aromatic rings. The molecule has 5 nitrogen and oxygen atoms in total. The van der Waals surface area contributed by atoms with Gasteiger partial charge in [-0.3, -0.25) is 0 Å². The average Bonchev–Trinajstić information content (AvgIpc) is 3.04. The lowest BCUT2D eigenvalue weighted by Crippen LogP contribution is -1.97. The van der Waals surface area contributed by atoms with Crippen LogP contribution in [-0.2, 0) is 11.3 Å². The first-order valence-electron chi connectivity index (χ1n) is 7.67. The van der Waals surface area contributed by atoms with Crippen LogP contribution in [0.2, 0.25) is 5.15 Å². The van der Waals surface area contributed by atoms with Crippen LogP contribution < -0.4 is 5.32 Å². The van der Waals surface area contributed by atoms with Crippen LogP contribution in [0.5, 0.6) is 0 Å². The van der Waals surface area contributed by atoms with E-state index in [-0.39, 0.29) is 0 Å². The van der Waals surface area contributed by atoms with Crippen LogP contribution >= 0.6 is 11.6 Å². The second-order valence-corrected chi connectivity index (χ2v) is 5.70. The van der Waals surface area contributed by atoms with Gasteiger partial charge in [-0.05, 0) is 43.2 Å². The van der Waals surface area contributed by atoms with Crippen LogP contribution in [0.25, 0.3) is 11.3 Å². The lowest BCUT2D eigenvalue weighted by Gasteiger charge is -2.09. The van der Waals surface area contributed by atoms with Crippen LogP contribution in [0, 0.1) is 6.92 Å². The number of benzene rings is 1. The Kier molecular flexibility index (Phi) is 5.13. The van der Waals surface area contributed by atoms with Crippen molar-refractivity contribution in [2.45, 2.75) is 20.5 Å². The molecule has 0 aliphatic carbocycles. The second-order valence-electron chi connectivity index (χ2n) is 5.31. The molecule has 0 aliphatic heterocycles. The standard InChI is InChI=1S/C18H18ClN3O2/c1-3-23-11-13-5-4-12(2)15(8-13)22-18-21-10-16(24-18)14-6-7-20-17(19)9-14/h4-10H,3,11H2,1-2H3,(H,21,22). The summed E-state index contributed by atoms with van der Waals surface area (Å²) in [5, 5.41) is 3.63. The van der Waals surface area contributed by atoms with Gasteiger partial charge in [0.05, 0.1) is 12.8 Å². The van der Waals surface area contributed by atoms with Crippen molar-refractivity contribution >= 4 is 23.3 Å². The smallest absolute Gasteiger partial charge is 0.299 e. The highest BCUT2D eigenvalue weighted by Crippen LogP contribution is 2.27. The normalized spacial score (nSPS) is 10.8. The molecular formula is C18H18ClN3O2. The Morgan fingerprint density at radius 2 is 2.08 bits per heavy atom. The topological polar surface area (TPSA) is 60.2 Å². The fourth-order valence-corrected chi connectivity index (χ4v) is 2.42. The largest absolute Gasteiger partial charge is 0.423 e. The van der Waals surface area contributed by atoms with E-state index < -0.39 is 0 Å². The van der Waals surface area contributed by atoms with Crippen LogP contribution in [-0.4, -0.2) is 16.6 Å². The Balaban J connectivity index is 1.79. The molecule has 6 heteroatoms. The quantitative estimate of drug-likeness (QED) is 0.640. The van der Waals surface area contributed by atoms with Gasteiger partial charge in [0.15, 0.2) is 5.76 Å². The maximum atomic E-state index is 5.91. The zero-order valence-electron chi connectivity index (χ0n) is 13.5. The number of halogens is 1. The van der Waals surface area contributed by atoms with E-state index in [9.17, 15) is 0 Å². The minimum atomic E-state index is 0.415. The van der Waals surface area contributed by atoms with E-state index >= 15 is 0 Å².